The van der Waals surface area contributed by atoms with Crippen molar-refractivity contribution in [2.75, 3.05) is 5.75 Å². The lowest BCUT2D eigenvalue weighted by Crippen LogP contribution is -2.47. The van der Waals surface area contributed by atoms with Crippen molar-refractivity contribution in [2.45, 2.75) is 24.6 Å². The van der Waals surface area contributed by atoms with E-state index < -0.39 is 38.7 Å². The Balaban J connectivity index is 1.72. The maximum absolute atomic E-state index is 14.5. The first kappa shape index (κ1) is 21.5. The van der Waals surface area contributed by atoms with E-state index >= 15 is 0 Å². The summed E-state index contributed by atoms with van der Waals surface area (Å²) < 4.78 is 53.1. The summed E-state index contributed by atoms with van der Waals surface area (Å²) in [6.45, 7) is 1.39. The number of aromatic nitrogens is 2. The van der Waals surface area contributed by atoms with Crippen molar-refractivity contribution in [2.24, 2.45) is 0 Å². The monoisotopic (exact) mass is 465 g/mol. The molecule has 2 heterocycles. The summed E-state index contributed by atoms with van der Waals surface area (Å²) in [5.74, 6) is -1.98. The fraction of sp³-hybridized carbons (Fsp3) is 0.238. The van der Waals surface area contributed by atoms with Crippen LogP contribution in [0.4, 0.5) is 8.78 Å². The van der Waals surface area contributed by atoms with Crippen molar-refractivity contribution in [3.8, 4) is 11.3 Å². The van der Waals surface area contributed by atoms with Gasteiger partial charge in [-0.1, -0.05) is 23.7 Å². The van der Waals surface area contributed by atoms with Gasteiger partial charge < -0.3 is 5.32 Å². The van der Waals surface area contributed by atoms with Gasteiger partial charge in [0, 0.05) is 10.6 Å². The second-order valence-corrected chi connectivity index (χ2v) is 10.2. The molecule has 10 heteroatoms. The summed E-state index contributed by atoms with van der Waals surface area (Å²) in [5, 5.41) is 8.69. The van der Waals surface area contributed by atoms with E-state index in [0.29, 0.717) is 17.0 Å². The van der Waals surface area contributed by atoms with Crippen LogP contribution in [0.3, 0.4) is 0 Å². The smallest absolute Gasteiger partial charge is 0.255 e. The average molecular weight is 466 g/mol. The Hall–Kier alpha value is -2.78. The van der Waals surface area contributed by atoms with Crippen molar-refractivity contribution in [1.82, 2.24) is 15.5 Å². The predicted molar refractivity (Wildman–Crippen MR) is 113 cm³/mol. The molecule has 0 spiro atoms. The summed E-state index contributed by atoms with van der Waals surface area (Å²) in [6.07, 6.45) is 1.58. The second-order valence-electron chi connectivity index (χ2n) is 7.39. The van der Waals surface area contributed by atoms with Crippen molar-refractivity contribution in [1.29, 1.82) is 0 Å². The lowest BCUT2D eigenvalue weighted by Gasteiger charge is -2.34. The molecule has 2 atom stereocenters. The molecule has 4 rings (SSSR count). The van der Waals surface area contributed by atoms with E-state index in [0.717, 1.165) is 12.1 Å². The first-order valence-electron chi connectivity index (χ1n) is 9.45. The van der Waals surface area contributed by atoms with E-state index in [-0.39, 0.29) is 28.1 Å². The zero-order valence-corrected chi connectivity index (χ0v) is 17.9. The number of carbonyl (C=O) groups is 1. The van der Waals surface area contributed by atoms with Gasteiger partial charge in [0.15, 0.2) is 9.84 Å². The van der Waals surface area contributed by atoms with Gasteiger partial charge in [-0.15, -0.1) is 0 Å². The molecule has 0 bridgehead atoms. The number of amides is 1. The van der Waals surface area contributed by atoms with Crippen LogP contribution in [-0.2, 0) is 9.84 Å². The Bertz CT molecular complexity index is 1280. The van der Waals surface area contributed by atoms with Crippen molar-refractivity contribution in [3.05, 3.63) is 75.9 Å². The van der Waals surface area contributed by atoms with Crippen LogP contribution in [0.15, 0.2) is 42.6 Å². The van der Waals surface area contributed by atoms with Crippen LogP contribution in [0.1, 0.15) is 33.9 Å². The number of hydrogen-bond donors (Lipinski definition) is 2. The fourth-order valence-electron chi connectivity index (χ4n) is 3.74. The van der Waals surface area contributed by atoms with Crippen LogP contribution >= 0.6 is 11.6 Å². The normalized spacial score (nSPS) is 18.3. The molecule has 2 aromatic carbocycles. The van der Waals surface area contributed by atoms with E-state index in [9.17, 15) is 22.0 Å². The van der Waals surface area contributed by atoms with Crippen LogP contribution in [0, 0.1) is 18.6 Å². The van der Waals surface area contributed by atoms with Gasteiger partial charge in [0.25, 0.3) is 5.91 Å². The number of sulfone groups is 1. The minimum atomic E-state index is -3.37. The van der Waals surface area contributed by atoms with Crippen LogP contribution in [-0.4, -0.2) is 35.5 Å². The molecule has 1 amide bonds. The minimum Gasteiger partial charge on any atom is -0.344 e. The molecule has 2 N–H and O–H groups in total. The van der Waals surface area contributed by atoms with Crippen molar-refractivity contribution < 1.29 is 22.0 Å². The van der Waals surface area contributed by atoms with Crippen molar-refractivity contribution in [3.63, 3.8) is 0 Å². The van der Waals surface area contributed by atoms with Gasteiger partial charge in [-0.05, 0) is 48.7 Å². The molecule has 1 saturated heterocycles. The number of nitrogens with one attached hydrogen (secondary N) is 2. The number of benzene rings is 2. The third-order valence-electron chi connectivity index (χ3n) is 5.50. The summed E-state index contributed by atoms with van der Waals surface area (Å²) in [6, 6.07) is 7.69. The zero-order chi connectivity index (χ0) is 22.3. The molecule has 1 aromatic heterocycles. The number of carbonyl (C=O) groups excluding carboxylic acids is 1. The molecule has 0 radical (unpaired) electrons. The Kier molecular flexibility index (Phi) is 5.57. The number of hydrogen-bond acceptors (Lipinski definition) is 4. The van der Waals surface area contributed by atoms with Crippen molar-refractivity contribution >= 4 is 27.3 Å². The average Bonchev–Trinajstić information content (AvgIpc) is 3.19. The van der Waals surface area contributed by atoms with Gasteiger partial charge in [0.2, 0.25) is 0 Å². The molecule has 1 fully saturated rings. The van der Waals surface area contributed by atoms with E-state index in [4.69, 9.17) is 11.6 Å². The Labute approximate surface area is 182 Å². The van der Waals surface area contributed by atoms with Gasteiger partial charge in [-0.2, -0.15) is 5.10 Å². The van der Waals surface area contributed by atoms with Gasteiger partial charge >= 0.3 is 0 Å². The van der Waals surface area contributed by atoms with Gasteiger partial charge in [0.05, 0.1) is 34.5 Å². The standard InChI is InChI=1S/C21H18ClF2N3O3S/c1-11-15(23)5-6-16(24)18(11)20-14(10-25-27-20)21(28)26-19(17-7-8-31(17,29)30)12-3-2-4-13(22)9-12/h2-6,9-10,17,19H,7-8H2,1H3,(H,25,27)(H,26,28)/t17?,19-/m1/s1. The van der Waals surface area contributed by atoms with E-state index in [1.165, 1.54) is 13.1 Å². The highest BCUT2D eigenvalue weighted by molar-refractivity contribution is 7.93. The summed E-state index contributed by atoms with van der Waals surface area (Å²) >= 11 is 6.06. The Morgan fingerprint density at radius 3 is 2.65 bits per heavy atom. The molecule has 162 valence electrons. The highest BCUT2D eigenvalue weighted by Crippen LogP contribution is 2.35. The molecule has 1 unspecified atom stereocenters. The maximum atomic E-state index is 14.5. The number of rotatable bonds is 5. The fourth-order valence-corrected chi connectivity index (χ4v) is 5.47. The lowest BCUT2D eigenvalue weighted by atomic mass is 9.99. The quantitative estimate of drug-likeness (QED) is 0.596. The lowest BCUT2D eigenvalue weighted by molar-refractivity contribution is 0.0935. The number of nitrogens with zero attached hydrogens (tertiary/aromatic N) is 1. The first-order chi connectivity index (χ1) is 14.7. The molecule has 0 aliphatic carbocycles. The highest BCUT2D eigenvalue weighted by Gasteiger charge is 2.43. The SMILES string of the molecule is Cc1c(F)ccc(F)c1-c1[nH]ncc1C(=O)N[C@H](c1cccc(Cl)c1)C1CCS1(=O)=O. The first-order valence-corrected chi connectivity index (χ1v) is 11.5. The maximum Gasteiger partial charge on any atom is 0.255 e. The zero-order valence-electron chi connectivity index (χ0n) is 16.3. The third-order valence-corrected chi connectivity index (χ3v) is 7.97. The largest absolute Gasteiger partial charge is 0.344 e. The summed E-state index contributed by atoms with van der Waals surface area (Å²) in [7, 11) is -3.37. The van der Waals surface area contributed by atoms with Crippen LogP contribution in [0.5, 0.6) is 0 Å². The minimum absolute atomic E-state index is 0.00770. The number of aromatic amines is 1. The van der Waals surface area contributed by atoms with Gasteiger partial charge in [-0.3, -0.25) is 9.89 Å². The number of halogens is 3. The topological polar surface area (TPSA) is 91.9 Å². The molecular weight excluding hydrogens is 448 g/mol. The highest BCUT2D eigenvalue weighted by atomic mass is 35.5. The molecule has 6 nitrogen and oxygen atoms in total. The molecule has 0 saturated carbocycles. The van der Waals surface area contributed by atoms with Gasteiger partial charge in [0.1, 0.15) is 11.6 Å². The van der Waals surface area contributed by atoms with Crippen LogP contribution < -0.4 is 5.32 Å². The Morgan fingerprint density at radius 1 is 1.26 bits per heavy atom. The third kappa shape index (κ3) is 3.95. The summed E-state index contributed by atoms with van der Waals surface area (Å²) in [5.41, 5.74) is 0.418. The molecular formula is C21H18ClF2N3O3S. The molecule has 3 aromatic rings. The van der Waals surface area contributed by atoms with E-state index in [1.807, 2.05) is 0 Å². The van der Waals surface area contributed by atoms with Crippen LogP contribution in [0.2, 0.25) is 5.02 Å². The second kappa shape index (κ2) is 8.05. The molecule has 1 aliphatic heterocycles. The van der Waals surface area contributed by atoms with E-state index in [1.54, 1.807) is 24.3 Å². The van der Waals surface area contributed by atoms with Gasteiger partial charge in [-0.25, -0.2) is 17.2 Å². The predicted octanol–water partition coefficient (Wildman–Crippen LogP) is 3.97. The molecule has 31 heavy (non-hydrogen) atoms. The summed E-state index contributed by atoms with van der Waals surface area (Å²) in [4.78, 5) is 13.1. The molecule has 1 aliphatic rings. The van der Waals surface area contributed by atoms with E-state index in [2.05, 4.69) is 15.5 Å². The number of H-pyrrole nitrogens is 1. The van der Waals surface area contributed by atoms with Crippen LogP contribution in [0.25, 0.3) is 11.3 Å². The Morgan fingerprint density at radius 2 is 2.00 bits per heavy atom.